The lowest BCUT2D eigenvalue weighted by Crippen LogP contribution is -2.14. The number of anilines is 1. The molecule has 2 aromatic carbocycles. The molecule has 1 aromatic heterocycles. The van der Waals surface area contributed by atoms with Gasteiger partial charge in [0.1, 0.15) is 5.75 Å². The molecule has 0 aliphatic carbocycles. The summed E-state index contributed by atoms with van der Waals surface area (Å²) in [6.07, 6.45) is 0. The molecule has 0 fully saturated rings. The lowest BCUT2D eigenvalue weighted by Gasteiger charge is -2.06. The second kappa shape index (κ2) is 6.85. The lowest BCUT2D eigenvalue weighted by atomic mass is 10.2. The van der Waals surface area contributed by atoms with Gasteiger partial charge in [0.05, 0.1) is 32.6 Å². The molecule has 0 unspecified atom stereocenters. The average Bonchev–Trinajstić information content (AvgIpc) is 2.97. The number of carbonyl (C=O) groups is 1. The number of nitro groups is 1. The molecule has 1 amide bonds. The zero-order valence-electron chi connectivity index (χ0n) is 12.1. The van der Waals surface area contributed by atoms with Crippen LogP contribution < -0.4 is 5.32 Å². The molecule has 3 aromatic rings. The molecule has 0 bridgehead atoms. The Morgan fingerprint density at radius 2 is 2.12 bits per heavy atom. The van der Waals surface area contributed by atoms with Crippen LogP contribution in [0.3, 0.4) is 0 Å². The number of nitrogens with one attached hydrogen (secondary N) is 1. The molecule has 2 N–H and O–H groups in total. The maximum Gasteiger partial charge on any atom is 0.273 e. The molecule has 0 saturated heterocycles. The molecule has 0 aliphatic heterocycles. The molecule has 0 atom stereocenters. The number of phenolic OH excluding ortho intramolecular Hbond substituents is 1. The number of hydrogen-bond donors (Lipinski definition) is 2. The molecule has 0 spiro atoms. The van der Waals surface area contributed by atoms with Gasteiger partial charge in [0.25, 0.3) is 5.69 Å². The number of fused-ring (bicyclic) bond motifs is 1. The number of nitro benzene ring substituents is 1. The van der Waals surface area contributed by atoms with Crippen molar-refractivity contribution in [2.45, 2.75) is 4.34 Å². The Labute approximate surface area is 144 Å². The molecule has 3 rings (SSSR count). The zero-order valence-corrected chi connectivity index (χ0v) is 13.8. The third kappa shape index (κ3) is 3.63. The average molecular weight is 361 g/mol. The van der Waals surface area contributed by atoms with E-state index in [2.05, 4.69) is 10.3 Å². The number of para-hydroxylation sites is 1. The Balaban J connectivity index is 1.62. The minimum Gasteiger partial charge on any atom is -0.506 e. The second-order valence-electron chi connectivity index (χ2n) is 4.74. The standard InChI is InChI=1S/C15H11N3O4S2/c19-12-7-9(18(21)22)5-6-10(12)16-14(20)8-23-15-17-11-3-1-2-4-13(11)24-15/h1-7,19H,8H2,(H,16,20). The number of aromatic nitrogens is 1. The van der Waals surface area contributed by atoms with Crippen LogP contribution in [0, 0.1) is 10.1 Å². The number of rotatable bonds is 5. The third-order valence-electron chi connectivity index (χ3n) is 3.07. The van der Waals surface area contributed by atoms with Crippen molar-refractivity contribution in [2.75, 3.05) is 11.1 Å². The van der Waals surface area contributed by atoms with Crippen LogP contribution in [0.25, 0.3) is 10.2 Å². The minimum absolute atomic E-state index is 0.121. The summed E-state index contributed by atoms with van der Waals surface area (Å²) < 4.78 is 1.83. The molecule has 1 heterocycles. The van der Waals surface area contributed by atoms with Crippen LogP contribution >= 0.6 is 23.1 Å². The molecular weight excluding hydrogens is 350 g/mol. The van der Waals surface area contributed by atoms with E-state index < -0.39 is 4.92 Å². The first kappa shape index (κ1) is 16.2. The summed E-state index contributed by atoms with van der Waals surface area (Å²) in [6, 6.07) is 11.2. The van der Waals surface area contributed by atoms with Crippen molar-refractivity contribution in [2.24, 2.45) is 0 Å². The van der Waals surface area contributed by atoms with E-state index in [4.69, 9.17) is 0 Å². The molecular formula is C15H11N3O4S2. The Bertz CT molecular complexity index is 893. The summed E-state index contributed by atoms with van der Waals surface area (Å²) >= 11 is 2.79. The number of phenols is 1. The van der Waals surface area contributed by atoms with Gasteiger partial charge in [-0.1, -0.05) is 23.9 Å². The number of thioether (sulfide) groups is 1. The number of benzene rings is 2. The van der Waals surface area contributed by atoms with Crippen molar-refractivity contribution in [1.82, 2.24) is 4.98 Å². The fourth-order valence-electron chi connectivity index (χ4n) is 1.97. The number of amides is 1. The molecule has 0 radical (unpaired) electrons. The highest BCUT2D eigenvalue weighted by Gasteiger charge is 2.13. The molecule has 7 nitrogen and oxygen atoms in total. The topological polar surface area (TPSA) is 105 Å². The van der Waals surface area contributed by atoms with Gasteiger partial charge in [-0.2, -0.15) is 0 Å². The number of non-ortho nitro benzene ring substituents is 1. The first-order chi connectivity index (χ1) is 11.5. The largest absolute Gasteiger partial charge is 0.506 e. The molecule has 0 aliphatic rings. The number of aromatic hydroxyl groups is 1. The summed E-state index contributed by atoms with van der Waals surface area (Å²) in [5.41, 5.74) is 0.781. The van der Waals surface area contributed by atoms with E-state index in [-0.39, 0.29) is 28.8 Å². The normalized spacial score (nSPS) is 10.7. The lowest BCUT2D eigenvalue weighted by molar-refractivity contribution is -0.384. The Morgan fingerprint density at radius 3 is 2.83 bits per heavy atom. The van der Waals surface area contributed by atoms with Gasteiger partial charge in [-0.3, -0.25) is 14.9 Å². The van der Waals surface area contributed by atoms with E-state index in [0.29, 0.717) is 0 Å². The summed E-state index contributed by atoms with van der Waals surface area (Å²) in [7, 11) is 0. The second-order valence-corrected chi connectivity index (χ2v) is 7.00. The molecule has 24 heavy (non-hydrogen) atoms. The quantitative estimate of drug-likeness (QED) is 0.311. The van der Waals surface area contributed by atoms with Crippen LogP contribution in [0.4, 0.5) is 11.4 Å². The number of hydrogen-bond acceptors (Lipinski definition) is 7. The van der Waals surface area contributed by atoms with Gasteiger partial charge in [-0.25, -0.2) is 4.98 Å². The van der Waals surface area contributed by atoms with Crippen molar-refractivity contribution < 1.29 is 14.8 Å². The van der Waals surface area contributed by atoms with Gasteiger partial charge >= 0.3 is 0 Å². The smallest absolute Gasteiger partial charge is 0.273 e. The van der Waals surface area contributed by atoms with E-state index in [1.165, 1.54) is 35.2 Å². The Kier molecular flexibility index (Phi) is 4.63. The van der Waals surface area contributed by atoms with Gasteiger partial charge in [0.15, 0.2) is 4.34 Å². The predicted octanol–water partition coefficient (Wildman–Crippen LogP) is 3.64. The Hall–Kier alpha value is -2.65. The van der Waals surface area contributed by atoms with Gasteiger partial charge in [-0.15, -0.1) is 11.3 Å². The number of thiazole rings is 1. The highest BCUT2D eigenvalue weighted by molar-refractivity contribution is 8.01. The van der Waals surface area contributed by atoms with Gasteiger partial charge in [0.2, 0.25) is 5.91 Å². The number of nitrogens with zero attached hydrogens (tertiary/aromatic N) is 2. The van der Waals surface area contributed by atoms with Crippen LogP contribution in [0.1, 0.15) is 0 Å². The van der Waals surface area contributed by atoms with Crippen LogP contribution in [-0.4, -0.2) is 26.7 Å². The highest BCUT2D eigenvalue weighted by Crippen LogP contribution is 2.30. The van der Waals surface area contributed by atoms with Gasteiger partial charge in [0, 0.05) is 6.07 Å². The van der Waals surface area contributed by atoms with E-state index in [0.717, 1.165) is 20.6 Å². The number of carbonyl (C=O) groups excluding carboxylic acids is 1. The maximum absolute atomic E-state index is 12.0. The summed E-state index contributed by atoms with van der Waals surface area (Å²) in [4.78, 5) is 26.4. The van der Waals surface area contributed by atoms with Crippen LogP contribution in [0.5, 0.6) is 5.75 Å². The first-order valence-corrected chi connectivity index (χ1v) is 8.59. The van der Waals surface area contributed by atoms with Gasteiger partial charge < -0.3 is 10.4 Å². The summed E-state index contributed by atoms with van der Waals surface area (Å²) in [5, 5.41) is 22.9. The van der Waals surface area contributed by atoms with Crippen LogP contribution in [0.2, 0.25) is 0 Å². The van der Waals surface area contributed by atoms with Crippen LogP contribution in [-0.2, 0) is 4.79 Å². The predicted molar refractivity (Wildman–Crippen MR) is 93.7 cm³/mol. The fraction of sp³-hybridized carbons (Fsp3) is 0.0667. The first-order valence-electron chi connectivity index (χ1n) is 6.78. The molecule has 0 saturated carbocycles. The molecule has 122 valence electrons. The Morgan fingerprint density at radius 1 is 1.33 bits per heavy atom. The van der Waals surface area contributed by atoms with Crippen molar-refractivity contribution >= 4 is 50.6 Å². The van der Waals surface area contributed by atoms with E-state index >= 15 is 0 Å². The van der Waals surface area contributed by atoms with Gasteiger partial charge in [-0.05, 0) is 18.2 Å². The van der Waals surface area contributed by atoms with Crippen molar-refractivity contribution in [3.05, 3.63) is 52.6 Å². The highest BCUT2D eigenvalue weighted by atomic mass is 32.2. The van der Waals surface area contributed by atoms with E-state index in [1.54, 1.807) is 0 Å². The van der Waals surface area contributed by atoms with E-state index in [1.807, 2.05) is 24.3 Å². The summed E-state index contributed by atoms with van der Waals surface area (Å²) in [6.45, 7) is 0. The fourth-order valence-corrected chi connectivity index (χ4v) is 3.83. The maximum atomic E-state index is 12.0. The molecule has 9 heteroatoms. The minimum atomic E-state index is -0.617. The van der Waals surface area contributed by atoms with Crippen molar-refractivity contribution in [3.8, 4) is 5.75 Å². The van der Waals surface area contributed by atoms with Crippen molar-refractivity contribution in [3.63, 3.8) is 0 Å². The SMILES string of the molecule is O=C(CSc1nc2ccccc2s1)Nc1ccc([N+](=O)[O-])cc1O. The zero-order chi connectivity index (χ0) is 17.1. The van der Waals surface area contributed by atoms with E-state index in [9.17, 15) is 20.0 Å². The third-order valence-corrected chi connectivity index (χ3v) is 5.25. The van der Waals surface area contributed by atoms with Crippen LogP contribution in [0.15, 0.2) is 46.8 Å². The summed E-state index contributed by atoms with van der Waals surface area (Å²) in [5.74, 6) is -0.554. The monoisotopic (exact) mass is 361 g/mol. The van der Waals surface area contributed by atoms with Crippen molar-refractivity contribution in [1.29, 1.82) is 0 Å².